The molecule has 114 valence electrons. The number of aromatic nitrogens is 1. The number of hydrogen-bond acceptors (Lipinski definition) is 2. The summed E-state index contributed by atoms with van der Waals surface area (Å²) in [5.74, 6) is 0.618. The average Bonchev–Trinajstić information content (AvgIpc) is 3.00. The number of anilines is 1. The van der Waals surface area contributed by atoms with Gasteiger partial charge in [-0.25, -0.2) is 4.98 Å². The van der Waals surface area contributed by atoms with Crippen molar-refractivity contribution in [3.05, 3.63) is 58.7 Å². The molecule has 0 radical (unpaired) electrons. The number of carbonyl (C=O) groups excluding carboxylic acids is 1. The summed E-state index contributed by atoms with van der Waals surface area (Å²) in [6.45, 7) is 1.98. The Hall–Kier alpha value is -1.87. The van der Waals surface area contributed by atoms with E-state index in [2.05, 4.69) is 10.3 Å². The van der Waals surface area contributed by atoms with E-state index in [4.69, 9.17) is 11.6 Å². The van der Waals surface area contributed by atoms with Crippen molar-refractivity contribution < 1.29 is 4.79 Å². The molecule has 22 heavy (non-hydrogen) atoms. The van der Waals surface area contributed by atoms with Crippen LogP contribution in [-0.4, -0.2) is 10.9 Å². The maximum absolute atomic E-state index is 12.9. The van der Waals surface area contributed by atoms with Gasteiger partial charge in [0.2, 0.25) is 5.91 Å². The van der Waals surface area contributed by atoms with Crippen molar-refractivity contribution in [2.45, 2.75) is 38.0 Å². The summed E-state index contributed by atoms with van der Waals surface area (Å²) in [4.78, 5) is 17.2. The highest BCUT2D eigenvalue weighted by atomic mass is 35.5. The van der Waals surface area contributed by atoms with Gasteiger partial charge in [-0.05, 0) is 49.1 Å². The van der Waals surface area contributed by atoms with Gasteiger partial charge in [0.1, 0.15) is 5.82 Å². The van der Waals surface area contributed by atoms with E-state index in [1.807, 2.05) is 43.3 Å². The standard InChI is InChI=1S/C18H19ClN2O/c1-13-7-8-16(20-12-13)21-17(22)18(9-2-3-10-18)14-5-4-6-15(19)11-14/h4-8,11-12H,2-3,9-10H2,1H3,(H,20,21,22). The fourth-order valence-corrected chi connectivity index (χ4v) is 3.38. The zero-order valence-electron chi connectivity index (χ0n) is 12.6. The normalized spacial score (nSPS) is 16.5. The van der Waals surface area contributed by atoms with Gasteiger partial charge in [0.05, 0.1) is 5.41 Å². The molecule has 1 fully saturated rings. The molecule has 2 aromatic rings. The molecule has 0 spiro atoms. The van der Waals surface area contributed by atoms with Gasteiger partial charge in [-0.3, -0.25) is 4.79 Å². The number of halogens is 1. The number of carbonyl (C=O) groups is 1. The first-order chi connectivity index (χ1) is 10.6. The van der Waals surface area contributed by atoms with Crippen molar-refractivity contribution in [3.8, 4) is 0 Å². The topological polar surface area (TPSA) is 42.0 Å². The Balaban J connectivity index is 1.90. The molecular formula is C18H19ClN2O. The summed E-state index contributed by atoms with van der Waals surface area (Å²) < 4.78 is 0. The minimum atomic E-state index is -0.489. The van der Waals surface area contributed by atoms with Gasteiger partial charge in [-0.2, -0.15) is 0 Å². The van der Waals surface area contributed by atoms with E-state index >= 15 is 0 Å². The Bertz CT molecular complexity index is 676. The minimum Gasteiger partial charge on any atom is -0.310 e. The van der Waals surface area contributed by atoms with Gasteiger partial charge >= 0.3 is 0 Å². The van der Waals surface area contributed by atoms with E-state index in [9.17, 15) is 4.79 Å². The molecule has 1 amide bonds. The number of rotatable bonds is 3. The first-order valence-electron chi connectivity index (χ1n) is 7.60. The molecule has 0 unspecified atom stereocenters. The summed E-state index contributed by atoms with van der Waals surface area (Å²) in [5.41, 5.74) is 1.59. The molecule has 4 heteroatoms. The van der Waals surface area contributed by atoms with Crippen LogP contribution in [0.5, 0.6) is 0 Å². The van der Waals surface area contributed by atoms with Crippen LogP contribution in [-0.2, 0) is 10.2 Å². The third kappa shape index (κ3) is 2.86. The highest BCUT2D eigenvalue weighted by Gasteiger charge is 2.42. The molecule has 1 aliphatic carbocycles. The molecular weight excluding hydrogens is 296 g/mol. The molecule has 0 atom stereocenters. The van der Waals surface area contributed by atoms with Gasteiger partial charge in [-0.1, -0.05) is 42.6 Å². The highest BCUT2D eigenvalue weighted by Crippen LogP contribution is 2.42. The number of pyridine rings is 1. The lowest BCUT2D eigenvalue weighted by molar-refractivity contribution is -0.121. The predicted octanol–water partition coefficient (Wildman–Crippen LogP) is 4.49. The molecule has 1 aromatic heterocycles. The molecule has 1 aromatic carbocycles. The first-order valence-corrected chi connectivity index (χ1v) is 7.98. The maximum atomic E-state index is 12.9. The minimum absolute atomic E-state index is 0.0172. The van der Waals surface area contributed by atoms with Crippen LogP contribution < -0.4 is 5.32 Å². The van der Waals surface area contributed by atoms with Crippen molar-refractivity contribution in [3.63, 3.8) is 0 Å². The molecule has 3 nitrogen and oxygen atoms in total. The fraction of sp³-hybridized carbons (Fsp3) is 0.333. The molecule has 0 aliphatic heterocycles. The van der Waals surface area contributed by atoms with Crippen LogP contribution in [0.4, 0.5) is 5.82 Å². The first kappa shape index (κ1) is 15.0. The zero-order valence-corrected chi connectivity index (χ0v) is 13.4. The summed E-state index contributed by atoms with van der Waals surface area (Å²) in [7, 11) is 0. The second kappa shape index (κ2) is 6.09. The summed E-state index contributed by atoms with van der Waals surface area (Å²) >= 11 is 6.12. The van der Waals surface area contributed by atoms with Crippen LogP contribution in [0.2, 0.25) is 5.02 Å². The molecule has 1 heterocycles. The van der Waals surface area contributed by atoms with Crippen molar-refractivity contribution in [2.75, 3.05) is 5.32 Å². The number of benzene rings is 1. The summed E-state index contributed by atoms with van der Waals surface area (Å²) in [6, 6.07) is 11.5. The Morgan fingerprint density at radius 1 is 1.23 bits per heavy atom. The summed E-state index contributed by atoms with van der Waals surface area (Å²) in [6.07, 6.45) is 5.58. The molecule has 0 bridgehead atoms. The number of nitrogens with zero attached hydrogens (tertiary/aromatic N) is 1. The van der Waals surface area contributed by atoms with Gasteiger partial charge in [0.25, 0.3) is 0 Å². The van der Waals surface area contributed by atoms with Crippen LogP contribution in [0.3, 0.4) is 0 Å². The Morgan fingerprint density at radius 3 is 2.64 bits per heavy atom. The molecule has 3 rings (SSSR count). The third-order valence-corrected chi connectivity index (χ3v) is 4.66. The van der Waals surface area contributed by atoms with Crippen LogP contribution in [0, 0.1) is 6.92 Å². The van der Waals surface area contributed by atoms with E-state index in [0.717, 1.165) is 36.8 Å². The largest absolute Gasteiger partial charge is 0.310 e. The monoisotopic (exact) mass is 314 g/mol. The van der Waals surface area contributed by atoms with E-state index in [1.165, 1.54) is 0 Å². The van der Waals surface area contributed by atoms with Crippen molar-refractivity contribution >= 4 is 23.3 Å². The Kier molecular flexibility index (Phi) is 4.16. The fourth-order valence-electron chi connectivity index (χ4n) is 3.19. The lowest BCUT2D eigenvalue weighted by Crippen LogP contribution is -2.38. The molecule has 1 aliphatic rings. The SMILES string of the molecule is Cc1ccc(NC(=O)C2(c3cccc(Cl)c3)CCCC2)nc1. The molecule has 0 saturated heterocycles. The van der Waals surface area contributed by atoms with Crippen molar-refractivity contribution in [1.29, 1.82) is 0 Å². The number of hydrogen-bond donors (Lipinski definition) is 1. The number of amides is 1. The zero-order chi connectivity index (χ0) is 15.6. The smallest absolute Gasteiger partial charge is 0.236 e. The average molecular weight is 315 g/mol. The van der Waals surface area contributed by atoms with E-state index in [-0.39, 0.29) is 5.91 Å². The van der Waals surface area contributed by atoms with Gasteiger partial charge < -0.3 is 5.32 Å². The van der Waals surface area contributed by atoms with E-state index < -0.39 is 5.41 Å². The van der Waals surface area contributed by atoms with Crippen LogP contribution >= 0.6 is 11.6 Å². The van der Waals surface area contributed by atoms with Crippen LogP contribution in [0.1, 0.15) is 36.8 Å². The second-order valence-electron chi connectivity index (χ2n) is 5.97. The second-order valence-corrected chi connectivity index (χ2v) is 6.41. The third-order valence-electron chi connectivity index (χ3n) is 4.42. The highest BCUT2D eigenvalue weighted by molar-refractivity contribution is 6.30. The Labute approximate surface area is 135 Å². The van der Waals surface area contributed by atoms with Crippen molar-refractivity contribution in [1.82, 2.24) is 4.98 Å². The van der Waals surface area contributed by atoms with Crippen LogP contribution in [0.15, 0.2) is 42.6 Å². The number of aryl methyl sites for hydroxylation is 1. The maximum Gasteiger partial charge on any atom is 0.236 e. The Morgan fingerprint density at radius 2 is 2.00 bits per heavy atom. The lowest BCUT2D eigenvalue weighted by Gasteiger charge is -2.28. The lowest BCUT2D eigenvalue weighted by atomic mass is 9.78. The van der Waals surface area contributed by atoms with Gasteiger partial charge in [0.15, 0.2) is 0 Å². The van der Waals surface area contributed by atoms with E-state index in [0.29, 0.717) is 10.8 Å². The predicted molar refractivity (Wildman–Crippen MR) is 89.2 cm³/mol. The van der Waals surface area contributed by atoms with Gasteiger partial charge in [-0.15, -0.1) is 0 Å². The summed E-state index contributed by atoms with van der Waals surface area (Å²) in [5, 5.41) is 3.65. The van der Waals surface area contributed by atoms with Crippen molar-refractivity contribution in [2.24, 2.45) is 0 Å². The van der Waals surface area contributed by atoms with E-state index in [1.54, 1.807) is 6.20 Å². The van der Waals surface area contributed by atoms with Crippen LogP contribution in [0.25, 0.3) is 0 Å². The quantitative estimate of drug-likeness (QED) is 0.906. The number of nitrogens with one attached hydrogen (secondary N) is 1. The van der Waals surface area contributed by atoms with Gasteiger partial charge in [0, 0.05) is 11.2 Å². The molecule has 1 saturated carbocycles. The molecule has 1 N–H and O–H groups in total.